The van der Waals surface area contributed by atoms with Crippen molar-refractivity contribution >= 4 is 23.3 Å². The topological polar surface area (TPSA) is 70.7 Å². The number of aryl methyl sites for hydroxylation is 1. The molecule has 164 valence electrons. The van der Waals surface area contributed by atoms with Crippen molar-refractivity contribution in [2.24, 2.45) is 0 Å². The number of fused-ring (bicyclic) bond motifs is 2. The smallest absolute Gasteiger partial charge is 0.428 e. The first-order valence-electron chi connectivity index (χ1n) is 9.89. The van der Waals surface area contributed by atoms with Crippen LogP contribution in [0.4, 0.5) is 29.3 Å². The zero-order valence-electron chi connectivity index (χ0n) is 17.0. The molecule has 9 heteroatoms. The number of hydrogen-bond donors (Lipinski definition) is 2. The third-order valence-electron chi connectivity index (χ3n) is 5.82. The van der Waals surface area contributed by atoms with Gasteiger partial charge in [-0.2, -0.15) is 13.2 Å². The van der Waals surface area contributed by atoms with Gasteiger partial charge in [-0.15, -0.1) is 0 Å². The van der Waals surface area contributed by atoms with E-state index in [1.54, 1.807) is 37.4 Å². The summed E-state index contributed by atoms with van der Waals surface area (Å²) < 4.78 is 46.1. The Bertz CT molecular complexity index is 1040. The second kappa shape index (κ2) is 7.47. The van der Waals surface area contributed by atoms with E-state index in [1.807, 2.05) is 6.07 Å². The zero-order valence-corrected chi connectivity index (χ0v) is 17.0. The van der Waals surface area contributed by atoms with Gasteiger partial charge in [-0.1, -0.05) is 24.3 Å². The van der Waals surface area contributed by atoms with Gasteiger partial charge in [0.05, 0.1) is 6.04 Å². The molecular weight excluding hydrogens is 411 g/mol. The van der Waals surface area contributed by atoms with Crippen LogP contribution in [-0.2, 0) is 11.2 Å². The average molecular weight is 433 g/mol. The summed E-state index contributed by atoms with van der Waals surface area (Å²) in [5.41, 5.74) is 0.197. The molecule has 0 saturated carbocycles. The predicted molar refractivity (Wildman–Crippen MR) is 109 cm³/mol. The summed E-state index contributed by atoms with van der Waals surface area (Å²) in [6.45, 7) is 0.978. The highest BCUT2D eigenvalue weighted by molar-refractivity contribution is 5.97. The Kier molecular flexibility index (Phi) is 5.07. The van der Waals surface area contributed by atoms with Crippen LogP contribution in [0.1, 0.15) is 36.9 Å². The first-order valence-corrected chi connectivity index (χ1v) is 9.89. The number of alkyl halides is 3. The molecule has 0 spiro atoms. The van der Waals surface area contributed by atoms with E-state index < -0.39 is 30.3 Å². The maximum absolute atomic E-state index is 13.6. The Morgan fingerprint density at radius 1 is 1.19 bits per heavy atom. The standard InChI is InChI=1S/C22H22F3N3O3/c1-21(22(23,24)25)12-16(15-5-3-4-6-18(15)31-21)27-20(30)26-14-9-7-13-8-10-19(29)28(2)17(13)11-14/h3-7,9,11,16H,8,10,12H2,1-2H3,(H2,26,27,30)/t16-,21+/m1/s1. The highest BCUT2D eigenvalue weighted by Gasteiger charge is 2.57. The Balaban J connectivity index is 1.54. The summed E-state index contributed by atoms with van der Waals surface area (Å²) in [7, 11) is 1.67. The van der Waals surface area contributed by atoms with Crippen molar-refractivity contribution in [3.8, 4) is 5.75 Å². The van der Waals surface area contributed by atoms with Crippen molar-refractivity contribution in [2.45, 2.75) is 44.0 Å². The fraction of sp³-hybridized carbons (Fsp3) is 0.364. The number of rotatable bonds is 2. The van der Waals surface area contributed by atoms with E-state index in [-0.39, 0.29) is 11.7 Å². The lowest BCUT2D eigenvalue weighted by Gasteiger charge is -2.40. The second-order valence-electron chi connectivity index (χ2n) is 8.02. The first kappa shape index (κ1) is 21.0. The van der Waals surface area contributed by atoms with Crippen LogP contribution < -0.4 is 20.3 Å². The van der Waals surface area contributed by atoms with E-state index in [9.17, 15) is 22.8 Å². The molecule has 0 radical (unpaired) electrons. The molecular formula is C22H22F3N3O3. The molecule has 2 N–H and O–H groups in total. The highest BCUT2D eigenvalue weighted by atomic mass is 19.4. The van der Waals surface area contributed by atoms with Crippen molar-refractivity contribution < 1.29 is 27.5 Å². The van der Waals surface area contributed by atoms with Gasteiger partial charge in [0, 0.05) is 36.8 Å². The molecule has 2 aliphatic heterocycles. The number of carbonyl (C=O) groups excluding carboxylic acids is 2. The normalized spacial score (nSPS) is 22.8. The minimum absolute atomic E-state index is 0.0145. The molecule has 31 heavy (non-hydrogen) atoms. The van der Waals surface area contributed by atoms with Crippen LogP contribution in [0.25, 0.3) is 0 Å². The number of ether oxygens (including phenoxy) is 1. The van der Waals surface area contributed by atoms with Gasteiger partial charge < -0.3 is 20.3 Å². The number of hydrogen-bond acceptors (Lipinski definition) is 3. The van der Waals surface area contributed by atoms with Crippen molar-refractivity contribution in [3.05, 3.63) is 53.6 Å². The van der Waals surface area contributed by atoms with Crippen LogP contribution in [0.15, 0.2) is 42.5 Å². The minimum atomic E-state index is -4.60. The fourth-order valence-electron chi connectivity index (χ4n) is 3.98. The zero-order chi connectivity index (χ0) is 22.4. The van der Waals surface area contributed by atoms with E-state index in [2.05, 4.69) is 10.6 Å². The van der Waals surface area contributed by atoms with Crippen molar-refractivity contribution in [1.29, 1.82) is 0 Å². The van der Waals surface area contributed by atoms with Crippen LogP contribution in [0.5, 0.6) is 5.75 Å². The van der Waals surface area contributed by atoms with Gasteiger partial charge >= 0.3 is 12.2 Å². The minimum Gasteiger partial charge on any atom is -0.478 e. The monoisotopic (exact) mass is 433 g/mol. The second-order valence-corrected chi connectivity index (χ2v) is 8.02. The molecule has 0 aliphatic carbocycles. The van der Waals surface area contributed by atoms with Crippen LogP contribution in [0.3, 0.4) is 0 Å². The van der Waals surface area contributed by atoms with Crippen molar-refractivity contribution in [3.63, 3.8) is 0 Å². The molecule has 2 aliphatic rings. The number of halogens is 3. The van der Waals surface area contributed by atoms with Crippen LogP contribution in [0, 0.1) is 0 Å². The number of nitrogens with zero attached hydrogens (tertiary/aromatic N) is 1. The largest absolute Gasteiger partial charge is 0.478 e. The molecule has 2 aromatic carbocycles. The number of amides is 3. The molecule has 0 bridgehead atoms. The quantitative estimate of drug-likeness (QED) is 0.729. The maximum Gasteiger partial charge on any atom is 0.428 e. The molecule has 0 aromatic heterocycles. The third kappa shape index (κ3) is 3.92. The van der Waals surface area contributed by atoms with E-state index in [4.69, 9.17) is 4.74 Å². The summed E-state index contributed by atoms with van der Waals surface area (Å²) in [6, 6.07) is 10.1. The fourth-order valence-corrected chi connectivity index (χ4v) is 3.98. The van der Waals surface area contributed by atoms with Gasteiger partial charge in [0.25, 0.3) is 0 Å². The molecule has 0 unspecified atom stereocenters. The lowest BCUT2D eigenvalue weighted by molar-refractivity contribution is -0.249. The molecule has 3 amide bonds. The van der Waals surface area contributed by atoms with Gasteiger partial charge in [-0.25, -0.2) is 4.79 Å². The first-order chi connectivity index (χ1) is 14.6. The number of benzene rings is 2. The van der Waals surface area contributed by atoms with Gasteiger partial charge in [0.15, 0.2) is 0 Å². The number of urea groups is 1. The Morgan fingerprint density at radius 3 is 2.68 bits per heavy atom. The summed E-state index contributed by atoms with van der Waals surface area (Å²) in [5, 5.41) is 5.30. The highest BCUT2D eigenvalue weighted by Crippen LogP contribution is 2.46. The molecule has 4 rings (SSSR count). The van der Waals surface area contributed by atoms with E-state index in [0.717, 1.165) is 12.5 Å². The lowest BCUT2D eigenvalue weighted by atomic mass is 9.88. The lowest BCUT2D eigenvalue weighted by Crippen LogP contribution is -2.53. The molecule has 6 nitrogen and oxygen atoms in total. The summed E-state index contributed by atoms with van der Waals surface area (Å²) in [6.07, 6.45) is -4.01. The maximum atomic E-state index is 13.6. The Hall–Kier alpha value is -3.23. The number of para-hydroxylation sites is 1. The number of nitrogens with one attached hydrogen (secondary N) is 2. The van der Waals surface area contributed by atoms with E-state index in [0.29, 0.717) is 29.8 Å². The van der Waals surface area contributed by atoms with Crippen molar-refractivity contribution in [2.75, 3.05) is 17.3 Å². The molecule has 2 atom stereocenters. The van der Waals surface area contributed by atoms with Gasteiger partial charge in [-0.3, -0.25) is 4.79 Å². The number of carbonyl (C=O) groups is 2. The summed E-state index contributed by atoms with van der Waals surface area (Å²) in [4.78, 5) is 26.1. The number of anilines is 2. The molecule has 0 fully saturated rings. The Labute approximate surface area is 177 Å². The Morgan fingerprint density at radius 2 is 1.94 bits per heavy atom. The molecule has 2 heterocycles. The van der Waals surface area contributed by atoms with Crippen molar-refractivity contribution in [1.82, 2.24) is 5.32 Å². The van der Waals surface area contributed by atoms with Crippen LogP contribution >= 0.6 is 0 Å². The van der Waals surface area contributed by atoms with Gasteiger partial charge in [-0.05, 0) is 37.1 Å². The van der Waals surface area contributed by atoms with Crippen LogP contribution in [-0.4, -0.2) is 30.8 Å². The van der Waals surface area contributed by atoms with E-state index in [1.165, 1.54) is 11.0 Å². The summed E-state index contributed by atoms with van der Waals surface area (Å²) in [5.74, 6) is 0.0761. The third-order valence-corrected chi connectivity index (χ3v) is 5.82. The van der Waals surface area contributed by atoms with E-state index >= 15 is 0 Å². The average Bonchev–Trinajstić information content (AvgIpc) is 2.70. The van der Waals surface area contributed by atoms with Gasteiger partial charge in [0.2, 0.25) is 11.5 Å². The molecule has 0 saturated heterocycles. The SMILES string of the molecule is CN1C(=O)CCc2ccc(NC(=O)N[C@@H]3C[C@@](C)(C(F)(F)F)Oc4ccccc43)cc21. The van der Waals surface area contributed by atoms with Crippen LogP contribution in [0.2, 0.25) is 0 Å². The molecule has 2 aromatic rings. The van der Waals surface area contributed by atoms with Gasteiger partial charge in [0.1, 0.15) is 5.75 Å². The summed E-state index contributed by atoms with van der Waals surface area (Å²) >= 11 is 0. The predicted octanol–water partition coefficient (Wildman–Crippen LogP) is 4.56.